The lowest BCUT2D eigenvalue weighted by Crippen LogP contribution is -2.40. The number of nitrogens with zero attached hydrogens (tertiary/aromatic N) is 2. The largest absolute Gasteiger partial charge is 0.379 e. The van der Waals surface area contributed by atoms with Gasteiger partial charge in [0.2, 0.25) is 10.0 Å². The number of ether oxygens (including phenoxy) is 1. The fourth-order valence-electron chi connectivity index (χ4n) is 4.04. The normalized spacial score (nSPS) is 16.1. The first-order valence-corrected chi connectivity index (χ1v) is 13.1. The SMILES string of the molecule is CCN(CC)C(CNCC(=O)c1cccc(S(=O)(=O)N2CCOCC2)c1)c1ccccc1Cl. The van der Waals surface area contributed by atoms with E-state index in [4.69, 9.17) is 16.3 Å². The third-order valence-corrected chi connectivity index (χ3v) is 8.14. The monoisotopic (exact) mass is 493 g/mol. The number of ketones is 1. The smallest absolute Gasteiger partial charge is 0.243 e. The van der Waals surface area contributed by atoms with Gasteiger partial charge in [-0.3, -0.25) is 9.69 Å². The second-order valence-corrected chi connectivity index (χ2v) is 10.2. The number of hydrogen-bond acceptors (Lipinski definition) is 6. The van der Waals surface area contributed by atoms with Gasteiger partial charge in [-0.2, -0.15) is 4.31 Å². The summed E-state index contributed by atoms with van der Waals surface area (Å²) in [6, 6.07) is 14.0. The number of carbonyl (C=O) groups excluding carboxylic acids is 1. The molecule has 7 nitrogen and oxygen atoms in total. The van der Waals surface area contributed by atoms with Crippen molar-refractivity contribution in [2.75, 3.05) is 52.5 Å². The maximum atomic E-state index is 12.9. The predicted molar refractivity (Wildman–Crippen MR) is 130 cm³/mol. The average Bonchev–Trinajstić information content (AvgIpc) is 2.84. The number of Topliss-reactive ketones (excluding diaryl/α,β-unsaturated/α-hetero) is 1. The maximum absolute atomic E-state index is 12.9. The average molecular weight is 494 g/mol. The quantitative estimate of drug-likeness (QED) is 0.484. The van der Waals surface area contributed by atoms with Crippen LogP contribution in [0.25, 0.3) is 0 Å². The first-order chi connectivity index (χ1) is 15.9. The van der Waals surface area contributed by atoms with Gasteiger partial charge in [0.05, 0.1) is 24.7 Å². The third kappa shape index (κ3) is 6.41. The summed E-state index contributed by atoms with van der Waals surface area (Å²) in [5.41, 5.74) is 1.38. The Hall–Kier alpha value is -1.81. The molecular formula is C24H32ClN3O4S. The molecule has 1 heterocycles. The van der Waals surface area contributed by atoms with Crippen LogP contribution in [-0.4, -0.2) is 75.9 Å². The highest BCUT2D eigenvalue weighted by molar-refractivity contribution is 7.89. The Labute approximate surface area is 201 Å². The Morgan fingerprint density at radius 1 is 1.12 bits per heavy atom. The van der Waals surface area contributed by atoms with Crippen molar-refractivity contribution in [2.24, 2.45) is 0 Å². The molecule has 1 unspecified atom stereocenters. The van der Waals surface area contributed by atoms with Gasteiger partial charge >= 0.3 is 0 Å². The minimum absolute atomic E-state index is 0.0227. The van der Waals surface area contributed by atoms with Crippen molar-refractivity contribution in [2.45, 2.75) is 24.8 Å². The molecule has 0 amide bonds. The second kappa shape index (κ2) is 12.1. The van der Waals surface area contributed by atoms with E-state index in [0.717, 1.165) is 18.7 Å². The van der Waals surface area contributed by atoms with Crippen molar-refractivity contribution in [3.05, 3.63) is 64.7 Å². The molecule has 0 aromatic heterocycles. The molecule has 9 heteroatoms. The van der Waals surface area contributed by atoms with Gasteiger partial charge in [-0.25, -0.2) is 8.42 Å². The fourth-order valence-corrected chi connectivity index (χ4v) is 5.75. The number of likely N-dealkylation sites (N-methyl/N-ethyl adjacent to an activating group) is 1. The zero-order valence-electron chi connectivity index (χ0n) is 19.2. The zero-order valence-corrected chi connectivity index (χ0v) is 20.7. The van der Waals surface area contributed by atoms with E-state index >= 15 is 0 Å². The van der Waals surface area contributed by atoms with Crippen LogP contribution in [0.15, 0.2) is 53.4 Å². The molecule has 33 heavy (non-hydrogen) atoms. The molecule has 1 saturated heterocycles. The predicted octanol–water partition coefficient (Wildman–Crippen LogP) is 3.22. The lowest BCUT2D eigenvalue weighted by molar-refractivity contribution is 0.0730. The van der Waals surface area contributed by atoms with Crippen LogP contribution in [0.5, 0.6) is 0 Å². The van der Waals surface area contributed by atoms with Gasteiger partial charge < -0.3 is 10.1 Å². The van der Waals surface area contributed by atoms with E-state index in [0.29, 0.717) is 43.4 Å². The summed E-state index contributed by atoms with van der Waals surface area (Å²) in [5.74, 6) is -0.161. The lowest BCUT2D eigenvalue weighted by atomic mass is 10.0. The molecule has 0 aliphatic carbocycles. The molecule has 1 fully saturated rings. The zero-order chi connectivity index (χ0) is 23.8. The Bertz CT molecular complexity index is 1040. The summed E-state index contributed by atoms with van der Waals surface area (Å²) < 4.78 is 32.5. The van der Waals surface area contributed by atoms with E-state index in [-0.39, 0.29) is 23.3 Å². The molecule has 1 N–H and O–H groups in total. The van der Waals surface area contributed by atoms with Crippen LogP contribution in [-0.2, 0) is 14.8 Å². The summed E-state index contributed by atoms with van der Waals surface area (Å²) in [4.78, 5) is 15.3. The summed E-state index contributed by atoms with van der Waals surface area (Å²) in [5, 5.41) is 3.95. The lowest BCUT2D eigenvalue weighted by Gasteiger charge is -2.31. The van der Waals surface area contributed by atoms with Crippen molar-refractivity contribution in [3.63, 3.8) is 0 Å². The third-order valence-electron chi connectivity index (χ3n) is 5.90. The minimum Gasteiger partial charge on any atom is -0.379 e. The van der Waals surface area contributed by atoms with E-state index in [1.54, 1.807) is 12.1 Å². The van der Waals surface area contributed by atoms with Gasteiger partial charge in [-0.05, 0) is 36.9 Å². The van der Waals surface area contributed by atoms with Gasteiger partial charge in [0.25, 0.3) is 0 Å². The van der Waals surface area contributed by atoms with Crippen LogP contribution in [0.2, 0.25) is 5.02 Å². The molecule has 0 bridgehead atoms. The molecule has 0 saturated carbocycles. The molecule has 2 aromatic carbocycles. The number of hydrogen-bond donors (Lipinski definition) is 1. The van der Waals surface area contributed by atoms with Crippen molar-refractivity contribution >= 4 is 27.4 Å². The number of nitrogens with one attached hydrogen (secondary N) is 1. The van der Waals surface area contributed by atoms with Gasteiger partial charge in [-0.15, -0.1) is 0 Å². The highest BCUT2D eigenvalue weighted by Gasteiger charge is 2.27. The summed E-state index contributed by atoms with van der Waals surface area (Å²) >= 11 is 6.45. The van der Waals surface area contributed by atoms with Crippen LogP contribution in [0.4, 0.5) is 0 Å². The molecule has 1 atom stereocenters. The second-order valence-electron chi connectivity index (χ2n) is 7.86. The number of sulfonamides is 1. The van der Waals surface area contributed by atoms with Crippen molar-refractivity contribution in [1.82, 2.24) is 14.5 Å². The Balaban J connectivity index is 1.68. The van der Waals surface area contributed by atoms with E-state index in [1.165, 1.54) is 16.4 Å². The van der Waals surface area contributed by atoms with E-state index in [9.17, 15) is 13.2 Å². The minimum atomic E-state index is -3.65. The highest BCUT2D eigenvalue weighted by atomic mass is 35.5. The van der Waals surface area contributed by atoms with Gasteiger partial charge in [-0.1, -0.05) is 55.8 Å². The standard InChI is InChI=1S/C24H32ClN3O4S/c1-3-27(4-2)23(21-10-5-6-11-22(21)25)17-26-18-24(29)19-8-7-9-20(16-19)33(30,31)28-12-14-32-15-13-28/h5-11,16,23,26H,3-4,12-15,17-18H2,1-2H3. The fraction of sp³-hybridized carbons (Fsp3) is 0.458. The molecular weight excluding hydrogens is 462 g/mol. The number of benzene rings is 2. The first-order valence-electron chi connectivity index (χ1n) is 11.3. The summed E-state index contributed by atoms with van der Waals surface area (Å²) in [6.45, 7) is 7.92. The van der Waals surface area contributed by atoms with Crippen LogP contribution in [0.1, 0.15) is 35.8 Å². The van der Waals surface area contributed by atoms with Crippen LogP contribution in [0, 0.1) is 0 Å². The van der Waals surface area contributed by atoms with E-state index in [2.05, 4.69) is 24.1 Å². The molecule has 0 spiro atoms. The number of halogens is 1. The van der Waals surface area contributed by atoms with Gasteiger partial charge in [0.1, 0.15) is 0 Å². The molecule has 180 valence electrons. The number of morpholine rings is 1. The van der Waals surface area contributed by atoms with E-state index < -0.39 is 10.0 Å². The Morgan fingerprint density at radius 3 is 2.48 bits per heavy atom. The maximum Gasteiger partial charge on any atom is 0.243 e. The van der Waals surface area contributed by atoms with Crippen LogP contribution >= 0.6 is 11.6 Å². The summed E-state index contributed by atoms with van der Waals surface area (Å²) in [7, 11) is -3.65. The summed E-state index contributed by atoms with van der Waals surface area (Å²) in [6.07, 6.45) is 0. The number of rotatable bonds is 11. The van der Waals surface area contributed by atoms with Crippen molar-refractivity contribution in [3.8, 4) is 0 Å². The number of carbonyl (C=O) groups is 1. The molecule has 1 aliphatic rings. The molecule has 0 radical (unpaired) electrons. The topological polar surface area (TPSA) is 79.0 Å². The molecule has 3 rings (SSSR count). The molecule has 1 aliphatic heterocycles. The van der Waals surface area contributed by atoms with E-state index in [1.807, 2.05) is 24.3 Å². The molecule has 2 aromatic rings. The Kier molecular flexibility index (Phi) is 9.43. The van der Waals surface area contributed by atoms with Crippen molar-refractivity contribution in [1.29, 1.82) is 0 Å². The highest BCUT2D eigenvalue weighted by Crippen LogP contribution is 2.27. The van der Waals surface area contributed by atoms with Gasteiger partial charge in [0, 0.05) is 36.3 Å². The first kappa shape index (κ1) is 25.8. The van der Waals surface area contributed by atoms with Crippen molar-refractivity contribution < 1.29 is 17.9 Å². The Morgan fingerprint density at radius 2 is 1.82 bits per heavy atom. The van der Waals surface area contributed by atoms with Gasteiger partial charge in [0.15, 0.2) is 5.78 Å². The van der Waals surface area contributed by atoms with Crippen LogP contribution in [0.3, 0.4) is 0 Å². The van der Waals surface area contributed by atoms with Crippen LogP contribution < -0.4 is 5.32 Å².